The van der Waals surface area contributed by atoms with Crippen LogP contribution in [0, 0.1) is 12.7 Å². The quantitative estimate of drug-likeness (QED) is 0.205. The highest BCUT2D eigenvalue weighted by Crippen LogP contribution is 2.42. The minimum absolute atomic E-state index is 0.242. The number of benzene rings is 4. The number of rotatable bonds is 6. The molecule has 0 unspecified atom stereocenters. The first-order valence-corrected chi connectivity index (χ1v) is 15.9. The number of fused-ring (bicyclic) bond motifs is 2. The molecule has 0 saturated heterocycles. The fraction of sp³-hybridized carbons (Fsp3) is 0.176. The number of para-hydroxylation sites is 2. The van der Waals surface area contributed by atoms with Crippen molar-refractivity contribution in [1.82, 2.24) is 10.3 Å². The zero-order valence-corrected chi connectivity index (χ0v) is 26.0. The molecule has 10 heteroatoms. The highest BCUT2D eigenvalue weighted by Gasteiger charge is 2.26. The molecular formula is C34H32FN3O5S. The third-order valence-corrected chi connectivity index (χ3v) is 8.32. The van der Waals surface area contributed by atoms with Crippen molar-refractivity contribution >= 4 is 43.7 Å². The van der Waals surface area contributed by atoms with Crippen LogP contribution in [0.3, 0.4) is 0 Å². The smallest absolute Gasteiger partial charge is 0.255 e. The summed E-state index contributed by atoms with van der Waals surface area (Å²) in [6.45, 7) is 5.93. The van der Waals surface area contributed by atoms with Gasteiger partial charge in [0.05, 0.1) is 17.5 Å². The number of amides is 1. The second-order valence-corrected chi connectivity index (χ2v) is 12.1. The number of hydrogen-bond acceptors (Lipinski definition) is 6. The van der Waals surface area contributed by atoms with E-state index >= 15 is 0 Å². The number of carbonyl (C=O) groups is 1. The summed E-state index contributed by atoms with van der Waals surface area (Å²) in [5.74, 6) is -0.163. The second-order valence-electron chi connectivity index (χ2n) is 10.1. The Morgan fingerprint density at radius 2 is 1.57 bits per heavy atom. The topological polar surface area (TPSA) is 106 Å². The molecule has 1 N–H and O–H groups in total. The lowest BCUT2D eigenvalue weighted by Crippen LogP contribution is -2.25. The number of carbonyl (C=O) groups excluding carboxylic acids is 1. The summed E-state index contributed by atoms with van der Waals surface area (Å²) < 4.78 is 52.6. The van der Waals surface area contributed by atoms with Gasteiger partial charge in [0.25, 0.3) is 5.91 Å². The molecule has 2 heterocycles. The number of hydrogen-bond donors (Lipinski definition) is 1. The molecule has 0 aliphatic heterocycles. The van der Waals surface area contributed by atoms with Gasteiger partial charge in [-0.05, 0) is 72.6 Å². The summed E-state index contributed by atoms with van der Waals surface area (Å²) >= 11 is 0. The first-order chi connectivity index (χ1) is 21.0. The zero-order chi connectivity index (χ0) is 31.8. The highest BCUT2D eigenvalue weighted by atomic mass is 32.2. The number of sulfonamides is 1. The molecule has 6 aromatic rings. The number of anilines is 1. The summed E-state index contributed by atoms with van der Waals surface area (Å²) in [6.07, 6.45) is 1.11. The summed E-state index contributed by atoms with van der Waals surface area (Å²) in [7, 11) is -0.717. The molecule has 6 rings (SSSR count). The minimum Gasteiger partial charge on any atom is -0.455 e. The van der Waals surface area contributed by atoms with Crippen LogP contribution in [0.5, 0.6) is 0 Å². The molecular weight excluding hydrogens is 581 g/mol. The molecule has 226 valence electrons. The third-order valence-electron chi connectivity index (χ3n) is 7.13. The van der Waals surface area contributed by atoms with E-state index in [9.17, 15) is 17.6 Å². The Kier molecular flexibility index (Phi) is 8.29. The Morgan fingerprint density at radius 1 is 0.886 bits per heavy atom. The van der Waals surface area contributed by atoms with Gasteiger partial charge in [-0.3, -0.25) is 9.10 Å². The predicted molar refractivity (Wildman–Crippen MR) is 173 cm³/mol. The molecule has 0 aliphatic rings. The first-order valence-electron chi connectivity index (χ1n) is 14.0. The van der Waals surface area contributed by atoms with E-state index in [0.717, 1.165) is 17.3 Å². The van der Waals surface area contributed by atoms with E-state index < -0.39 is 21.7 Å². The molecule has 44 heavy (non-hydrogen) atoms. The zero-order valence-electron chi connectivity index (χ0n) is 25.2. The van der Waals surface area contributed by atoms with Crippen molar-refractivity contribution < 1.29 is 26.4 Å². The van der Waals surface area contributed by atoms with E-state index in [1.807, 2.05) is 63.2 Å². The number of halogens is 1. The van der Waals surface area contributed by atoms with Crippen LogP contribution in [0.15, 0.2) is 87.7 Å². The van der Waals surface area contributed by atoms with Crippen molar-refractivity contribution in [2.75, 3.05) is 24.7 Å². The van der Waals surface area contributed by atoms with Crippen molar-refractivity contribution in [2.45, 2.75) is 20.8 Å². The Balaban J connectivity index is 0.00000188. The molecule has 0 bridgehead atoms. The summed E-state index contributed by atoms with van der Waals surface area (Å²) in [4.78, 5) is 17.8. The maximum Gasteiger partial charge on any atom is 0.255 e. The van der Waals surface area contributed by atoms with Crippen LogP contribution in [-0.2, 0) is 10.0 Å². The van der Waals surface area contributed by atoms with Gasteiger partial charge in [0.1, 0.15) is 22.7 Å². The number of nitrogens with one attached hydrogen (secondary N) is 1. The monoisotopic (exact) mass is 613 g/mol. The molecule has 8 nitrogen and oxygen atoms in total. The van der Waals surface area contributed by atoms with Gasteiger partial charge in [-0.1, -0.05) is 32.0 Å². The largest absolute Gasteiger partial charge is 0.455 e. The maximum absolute atomic E-state index is 13.7. The van der Waals surface area contributed by atoms with Crippen LogP contribution in [0.25, 0.3) is 56.0 Å². The Labute approximate surface area is 255 Å². The SMILES string of the molecule is CC.CNC(=O)c1c(-c2ccc(F)cc2)oc2cc(N(C)S(C)(=O)=O)c(-c3cc(C)cc(-c4nc5ccccc5o4)c3)cc12. The van der Waals surface area contributed by atoms with Gasteiger partial charge < -0.3 is 14.2 Å². The van der Waals surface area contributed by atoms with Crippen LogP contribution in [-0.4, -0.2) is 39.7 Å². The van der Waals surface area contributed by atoms with Gasteiger partial charge in [-0.25, -0.2) is 17.8 Å². The fourth-order valence-electron chi connectivity index (χ4n) is 5.02. The maximum atomic E-state index is 13.7. The van der Waals surface area contributed by atoms with Gasteiger partial charge in [0.2, 0.25) is 15.9 Å². The van der Waals surface area contributed by atoms with Crippen LogP contribution >= 0.6 is 0 Å². The predicted octanol–water partition coefficient (Wildman–Crippen LogP) is 7.80. The Hall–Kier alpha value is -4.96. The van der Waals surface area contributed by atoms with Gasteiger partial charge >= 0.3 is 0 Å². The summed E-state index contributed by atoms with van der Waals surface area (Å²) in [5, 5.41) is 3.13. The van der Waals surface area contributed by atoms with Crippen molar-refractivity contribution in [1.29, 1.82) is 0 Å². The van der Waals surface area contributed by atoms with Crippen molar-refractivity contribution in [3.8, 4) is 33.9 Å². The van der Waals surface area contributed by atoms with E-state index in [4.69, 9.17) is 8.83 Å². The number of nitrogens with zero attached hydrogens (tertiary/aromatic N) is 2. The molecule has 1 amide bonds. The standard InChI is InChI=1S/C32H26FN3O5S.C2H6/c1-18-13-20(15-21(14-18)32-35-25-7-5-6-8-27(25)41-32)23-16-24-28(17-26(23)36(3)42(4,38)39)40-30(29(24)31(37)34-2)19-9-11-22(33)12-10-19;1-2/h5-17H,1-4H3,(H,34,37);1-2H3. The lowest BCUT2D eigenvalue weighted by Gasteiger charge is -2.21. The van der Waals surface area contributed by atoms with Gasteiger partial charge in [0, 0.05) is 42.2 Å². The molecule has 0 fully saturated rings. The fourth-order valence-corrected chi connectivity index (χ4v) is 5.52. The summed E-state index contributed by atoms with van der Waals surface area (Å²) in [5.41, 5.74) is 5.60. The molecule has 0 atom stereocenters. The number of aromatic nitrogens is 1. The lowest BCUT2D eigenvalue weighted by atomic mass is 9.96. The highest BCUT2D eigenvalue weighted by molar-refractivity contribution is 7.92. The number of oxazole rings is 1. The van der Waals surface area contributed by atoms with E-state index in [0.29, 0.717) is 50.4 Å². The van der Waals surface area contributed by atoms with E-state index in [1.54, 1.807) is 12.1 Å². The lowest BCUT2D eigenvalue weighted by molar-refractivity contribution is 0.0964. The van der Waals surface area contributed by atoms with Crippen LogP contribution in [0.4, 0.5) is 10.1 Å². The van der Waals surface area contributed by atoms with E-state index in [1.165, 1.54) is 42.7 Å². The van der Waals surface area contributed by atoms with Crippen molar-refractivity contribution in [3.63, 3.8) is 0 Å². The Morgan fingerprint density at radius 3 is 2.23 bits per heavy atom. The average molecular weight is 614 g/mol. The second kappa shape index (κ2) is 12.0. The van der Waals surface area contributed by atoms with Crippen LogP contribution in [0.1, 0.15) is 29.8 Å². The van der Waals surface area contributed by atoms with Gasteiger partial charge in [-0.2, -0.15) is 0 Å². The van der Waals surface area contributed by atoms with E-state index in [2.05, 4.69) is 10.3 Å². The average Bonchev–Trinajstić information content (AvgIpc) is 3.62. The molecule has 4 aromatic carbocycles. The van der Waals surface area contributed by atoms with Gasteiger partial charge in [0.15, 0.2) is 5.58 Å². The van der Waals surface area contributed by atoms with Crippen molar-refractivity contribution in [3.05, 3.63) is 95.8 Å². The van der Waals surface area contributed by atoms with Crippen LogP contribution in [0.2, 0.25) is 0 Å². The normalized spacial score (nSPS) is 11.3. The minimum atomic E-state index is -3.69. The molecule has 0 spiro atoms. The van der Waals surface area contributed by atoms with Crippen LogP contribution < -0.4 is 9.62 Å². The molecule has 2 aromatic heterocycles. The van der Waals surface area contributed by atoms with E-state index in [-0.39, 0.29) is 11.3 Å². The number of furan rings is 1. The summed E-state index contributed by atoms with van der Waals surface area (Å²) in [6, 6.07) is 22.2. The third kappa shape index (κ3) is 5.68. The first kappa shape index (κ1) is 30.5. The molecule has 0 saturated carbocycles. The number of aryl methyl sites for hydroxylation is 1. The van der Waals surface area contributed by atoms with Crippen molar-refractivity contribution in [2.24, 2.45) is 0 Å². The molecule has 0 aliphatic carbocycles. The molecule has 0 radical (unpaired) electrons. The Bertz CT molecular complexity index is 2080. The van der Waals surface area contributed by atoms with Gasteiger partial charge in [-0.15, -0.1) is 0 Å².